The number of hydrogen-bond acceptors (Lipinski definition) is 3. The Morgan fingerprint density at radius 3 is 2.45 bits per heavy atom. The number of nitrogens with one attached hydrogen (secondary N) is 1. The van der Waals surface area contributed by atoms with Crippen LogP contribution < -0.4 is 0 Å². The van der Waals surface area contributed by atoms with Gasteiger partial charge in [0, 0.05) is 49.7 Å². The molecule has 1 fully saturated rings. The monoisotopic (exact) mass is 415 g/mol. The van der Waals surface area contributed by atoms with Crippen LogP contribution >= 0.6 is 0 Å². The molecule has 152 valence electrons. The zero-order valence-corrected chi connectivity index (χ0v) is 16.7. The lowest BCUT2D eigenvalue weighted by molar-refractivity contribution is -0.132. The first-order chi connectivity index (χ1) is 14.0. The molecule has 0 unspecified atom stereocenters. The Balaban J connectivity index is 1.36. The fourth-order valence-corrected chi connectivity index (χ4v) is 5.20. The van der Waals surface area contributed by atoms with Gasteiger partial charge in [0.1, 0.15) is 10.7 Å². The zero-order chi connectivity index (χ0) is 20.4. The molecule has 8 heteroatoms. The summed E-state index contributed by atoms with van der Waals surface area (Å²) in [5.41, 5.74) is 2.14. The van der Waals surface area contributed by atoms with Crippen LogP contribution in [0.2, 0.25) is 0 Å². The van der Waals surface area contributed by atoms with Crippen LogP contribution in [0.15, 0.2) is 59.6 Å². The second kappa shape index (κ2) is 7.96. The van der Waals surface area contributed by atoms with Gasteiger partial charge < -0.3 is 9.88 Å². The Hall–Kier alpha value is -2.71. The van der Waals surface area contributed by atoms with Gasteiger partial charge >= 0.3 is 0 Å². The lowest BCUT2D eigenvalue weighted by atomic mass is 10.1. The highest BCUT2D eigenvalue weighted by Crippen LogP contribution is 2.22. The summed E-state index contributed by atoms with van der Waals surface area (Å²) in [6.45, 7) is 0.936. The van der Waals surface area contributed by atoms with E-state index in [1.54, 1.807) is 4.90 Å². The molecule has 1 aliphatic heterocycles. The smallest absolute Gasteiger partial charge is 0.246 e. The molecule has 1 aliphatic rings. The van der Waals surface area contributed by atoms with Gasteiger partial charge in [-0.25, -0.2) is 12.8 Å². The van der Waals surface area contributed by atoms with E-state index < -0.39 is 15.8 Å². The number of piperazine rings is 1. The average Bonchev–Trinajstić information content (AvgIpc) is 3.15. The van der Waals surface area contributed by atoms with Crippen LogP contribution in [0.3, 0.4) is 0 Å². The standard InChI is InChI=1S/C21H22FN3O3S/c22-18-6-2-4-8-20(18)29(27,28)25-13-11-24(12-14-25)21(26)10-9-16-15-23-19-7-3-1-5-17(16)19/h1-8,15,23H,9-14H2. The van der Waals surface area contributed by atoms with Gasteiger partial charge in [-0.05, 0) is 30.2 Å². The third kappa shape index (κ3) is 3.90. The molecule has 0 aliphatic carbocycles. The predicted octanol–water partition coefficient (Wildman–Crippen LogP) is 2.77. The van der Waals surface area contributed by atoms with Gasteiger partial charge in [-0.1, -0.05) is 30.3 Å². The minimum Gasteiger partial charge on any atom is -0.361 e. The van der Waals surface area contributed by atoms with Gasteiger partial charge in [0.2, 0.25) is 15.9 Å². The summed E-state index contributed by atoms with van der Waals surface area (Å²) < 4.78 is 40.5. The SMILES string of the molecule is O=C(CCc1c[nH]c2ccccc12)N1CCN(S(=O)(=O)c2ccccc2F)CC1. The van der Waals surface area contributed by atoms with Crippen molar-refractivity contribution in [2.24, 2.45) is 0 Å². The minimum absolute atomic E-state index is 0.00165. The number of benzene rings is 2. The third-order valence-electron chi connectivity index (χ3n) is 5.33. The number of sulfonamides is 1. The van der Waals surface area contributed by atoms with E-state index in [-0.39, 0.29) is 23.9 Å². The topological polar surface area (TPSA) is 73.5 Å². The number of carbonyl (C=O) groups excluding carboxylic acids is 1. The summed E-state index contributed by atoms with van der Waals surface area (Å²) in [5, 5.41) is 1.11. The van der Waals surface area contributed by atoms with Crippen molar-refractivity contribution in [3.05, 3.63) is 66.1 Å². The molecule has 4 rings (SSSR count). The van der Waals surface area contributed by atoms with E-state index in [0.29, 0.717) is 25.9 Å². The number of nitrogens with zero attached hydrogens (tertiary/aromatic N) is 2. The van der Waals surface area contributed by atoms with Crippen LogP contribution in [-0.2, 0) is 21.2 Å². The molecule has 1 amide bonds. The summed E-state index contributed by atoms with van der Waals surface area (Å²) >= 11 is 0. The highest BCUT2D eigenvalue weighted by atomic mass is 32.2. The Bertz CT molecular complexity index is 1130. The van der Waals surface area contributed by atoms with Crippen molar-refractivity contribution >= 4 is 26.8 Å². The molecule has 0 atom stereocenters. The van der Waals surface area contributed by atoms with E-state index in [2.05, 4.69) is 4.98 Å². The summed E-state index contributed by atoms with van der Waals surface area (Å²) in [5.74, 6) is -0.761. The van der Waals surface area contributed by atoms with Crippen molar-refractivity contribution in [1.82, 2.24) is 14.2 Å². The van der Waals surface area contributed by atoms with Crippen LogP contribution in [0.4, 0.5) is 4.39 Å². The summed E-state index contributed by atoms with van der Waals surface area (Å²) in [6.07, 6.45) is 2.91. The van der Waals surface area contributed by atoms with Crippen molar-refractivity contribution < 1.29 is 17.6 Å². The molecule has 1 saturated heterocycles. The van der Waals surface area contributed by atoms with E-state index >= 15 is 0 Å². The normalized spacial score (nSPS) is 15.7. The molecule has 2 aromatic carbocycles. The second-order valence-electron chi connectivity index (χ2n) is 7.07. The molecule has 1 N–H and O–H groups in total. The number of aromatic nitrogens is 1. The molecule has 1 aromatic heterocycles. The first-order valence-electron chi connectivity index (χ1n) is 9.54. The van der Waals surface area contributed by atoms with E-state index in [4.69, 9.17) is 0 Å². The number of H-pyrrole nitrogens is 1. The molecular weight excluding hydrogens is 393 g/mol. The second-order valence-corrected chi connectivity index (χ2v) is 8.98. The number of amides is 1. The molecular formula is C21H22FN3O3S. The van der Waals surface area contributed by atoms with Crippen molar-refractivity contribution in [3.8, 4) is 0 Å². The molecule has 29 heavy (non-hydrogen) atoms. The first kappa shape index (κ1) is 19.6. The van der Waals surface area contributed by atoms with E-state index in [1.807, 2.05) is 30.5 Å². The number of aromatic amines is 1. The van der Waals surface area contributed by atoms with Crippen LogP contribution in [0.1, 0.15) is 12.0 Å². The number of aryl methyl sites for hydroxylation is 1. The number of halogens is 1. The van der Waals surface area contributed by atoms with Gasteiger partial charge in [-0.3, -0.25) is 4.79 Å². The van der Waals surface area contributed by atoms with Crippen molar-refractivity contribution in [1.29, 1.82) is 0 Å². The van der Waals surface area contributed by atoms with E-state index in [0.717, 1.165) is 22.5 Å². The van der Waals surface area contributed by atoms with Gasteiger partial charge in [0.05, 0.1) is 0 Å². The number of fused-ring (bicyclic) bond motifs is 1. The molecule has 0 saturated carbocycles. The van der Waals surface area contributed by atoms with E-state index in [1.165, 1.54) is 22.5 Å². The first-order valence-corrected chi connectivity index (χ1v) is 11.0. The van der Waals surface area contributed by atoms with Crippen LogP contribution in [0.25, 0.3) is 10.9 Å². The lowest BCUT2D eigenvalue weighted by Crippen LogP contribution is -2.50. The van der Waals surface area contributed by atoms with Crippen molar-refractivity contribution in [2.45, 2.75) is 17.7 Å². The van der Waals surface area contributed by atoms with Crippen LogP contribution in [0.5, 0.6) is 0 Å². The maximum atomic E-state index is 13.9. The largest absolute Gasteiger partial charge is 0.361 e. The third-order valence-corrected chi connectivity index (χ3v) is 7.26. The molecule has 3 aromatic rings. The molecule has 0 bridgehead atoms. The lowest BCUT2D eigenvalue weighted by Gasteiger charge is -2.34. The Kier molecular flexibility index (Phi) is 5.38. The number of carbonyl (C=O) groups is 1. The Morgan fingerprint density at radius 1 is 1.00 bits per heavy atom. The minimum atomic E-state index is -3.90. The average molecular weight is 415 g/mol. The van der Waals surface area contributed by atoms with E-state index in [9.17, 15) is 17.6 Å². The summed E-state index contributed by atoms with van der Waals surface area (Å²) in [4.78, 5) is 17.2. The van der Waals surface area contributed by atoms with Gasteiger partial charge in [0.25, 0.3) is 0 Å². The number of rotatable bonds is 5. The Morgan fingerprint density at radius 2 is 1.69 bits per heavy atom. The molecule has 0 spiro atoms. The van der Waals surface area contributed by atoms with Crippen molar-refractivity contribution in [3.63, 3.8) is 0 Å². The molecule has 0 radical (unpaired) electrons. The van der Waals surface area contributed by atoms with Gasteiger partial charge in [-0.2, -0.15) is 4.31 Å². The fourth-order valence-electron chi connectivity index (χ4n) is 3.71. The molecule has 2 heterocycles. The predicted molar refractivity (Wildman–Crippen MR) is 108 cm³/mol. The van der Waals surface area contributed by atoms with Crippen LogP contribution in [0, 0.1) is 5.82 Å². The highest BCUT2D eigenvalue weighted by molar-refractivity contribution is 7.89. The fraction of sp³-hybridized carbons (Fsp3) is 0.286. The van der Waals surface area contributed by atoms with Crippen molar-refractivity contribution in [2.75, 3.05) is 26.2 Å². The molecule has 6 nitrogen and oxygen atoms in total. The Labute approximate surface area is 169 Å². The van der Waals surface area contributed by atoms with Crippen LogP contribution in [-0.4, -0.2) is 54.7 Å². The zero-order valence-electron chi connectivity index (χ0n) is 15.8. The maximum Gasteiger partial charge on any atom is 0.246 e. The number of hydrogen-bond donors (Lipinski definition) is 1. The van der Waals surface area contributed by atoms with Gasteiger partial charge in [-0.15, -0.1) is 0 Å². The number of para-hydroxylation sites is 1. The highest BCUT2D eigenvalue weighted by Gasteiger charge is 2.31. The maximum absolute atomic E-state index is 13.9. The summed E-state index contributed by atoms with van der Waals surface area (Å²) in [6, 6.07) is 13.3. The van der Waals surface area contributed by atoms with Gasteiger partial charge in [0.15, 0.2) is 0 Å². The summed E-state index contributed by atoms with van der Waals surface area (Å²) in [7, 11) is -3.90. The quantitative estimate of drug-likeness (QED) is 0.696.